The Morgan fingerprint density at radius 3 is 2.62 bits per heavy atom. The quantitative estimate of drug-likeness (QED) is 0.705. The molecule has 1 aromatic carbocycles. The van der Waals surface area contributed by atoms with Gasteiger partial charge in [-0.15, -0.1) is 11.3 Å². The molecule has 1 N–H and O–H groups in total. The number of benzene rings is 1. The molecule has 1 fully saturated rings. The van der Waals surface area contributed by atoms with E-state index in [1.807, 2.05) is 17.5 Å². The van der Waals surface area contributed by atoms with E-state index in [-0.39, 0.29) is 23.4 Å². The molecule has 8 heteroatoms. The van der Waals surface area contributed by atoms with Crippen molar-refractivity contribution < 1.29 is 17.6 Å². The van der Waals surface area contributed by atoms with Gasteiger partial charge in [-0.1, -0.05) is 19.9 Å². The minimum Gasteiger partial charge on any atom is -0.348 e. The molecule has 29 heavy (non-hydrogen) atoms. The topological polar surface area (TPSA) is 66.5 Å². The van der Waals surface area contributed by atoms with Crippen LogP contribution < -0.4 is 5.32 Å². The number of carbonyl (C=O) groups excluding carboxylic acids is 1. The summed E-state index contributed by atoms with van der Waals surface area (Å²) in [5.74, 6) is -0.564. The first-order valence-corrected chi connectivity index (χ1v) is 12.2. The molecule has 0 spiro atoms. The number of rotatable bonds is 7. The molecule has 1 aliphatic rings. The Kier molecular flexibility index (Phi) is 7.08. The highest BCUT2D eigenvalue weighted by Crippen LogP contribution is 2.28. The highest BCUT2D eigenvalue weighted by molar-refractivity contribution is 7.89. The number of carbonyl (C=O) groups is 1. The lowest BCUT2D eigenvalue weighted by Gasteiger charge is -2.32. The summed E-state index contributed by atoms with van der Waals surface area (Å²) in [4.78, 5) is 14.1. The Labute approximate surface area is 176 Å². The standard InChI is InChI=1S/C21H27FN2O3S2/c1-15(2)13-19(20-6-4-12-28-20)23-21(25)16-5-3-11-24(14-16)29(26,27)18-9-7-17(22)8-10-18/h4,6-10,12,15-16,19H,3,5,11,13-14H2,1-2H3,(H,23,25). The number of hydrogen-bond acceptors (Lipinski definition) is 4. The monoisotopic (exact) mass is 438 g/mol. The zero-order valence-corrected chi connectivity index (χ0v) is 18.3. The fraction of sp³-hybridized carbons (Fsp3) is 0.476. The Morgan fingerprint density at radius 1 is 1.28 bits per heavy atom. The van der Waals surface area contributed by atoms with E-state index in [0.717, 1.165) is 23.4 Å². The van der Waals surface area contributed by atoms with Gasteiger partial charge in [0.2, 0.25) is 15.9 Å². The number of nitrogens with one attached hydrogen (secondary N) is 1. The largest absolute Gasteiger partial charge is 0.348 e. The third kappa shape index (κ3) is 5.43. The van der Waals surface area contributed by atoms with Gasteiger partial charge < -0.3 is 5.32 Å². The third-order valence-electron chi connectivity index (χ3n) is 5.12. The zero-order chi connectivity index (χ0) is 21.0. The molecule has 3 rings (SSSR count). The van der Waals surface area contributed by atoms with Crippen molar-refractivity contribution >= 4 is 27.3 Å². The van der Waals surface area contributed by atoms with Crippen LogP contribution in [0.15, 0.2) is 46.7 Å². The lowest BCUT2D eigenvalue weighted by molar-refractivity contribution is -0.126. The number of hydrogen-bond donors (Lipinski definition) is 1. The van der Waals surface area contributed by atoms with Gasteiger partial charge in [-0.25, -0.2) is 12.8 Å². The van der Waals surface area contributed by atoms with Crippen LogP contribution in [0, 0.1) is 17.7 Å². The van der Waals surface area contributed by atoms with Crippen LogP contribution in [-0.4, -0.2) is 31.7 Å². The molecule has 158 valence electrons. The van der Waals surface area contributed by atoms with Crippen LogP contribution in [0.4, 0.5) is 4.39 Å². The predicted molar refractivity (Wildman–Crippen MR) is 113 cm³/mol. The smallest absolute Gasteiger partial charge is 0.243 e. The molecule has 2 aromatic rings. The van der Waals surface area contributed by atoms with Gasteiger partial charge >= 0.3 is 0 Å². The first kappa shape index (κ1) is 21.9. The van der Waals surface area contributed by atoms with Crippen molar-refractivity contribution in [2.24, 2.45) is 11.8 Å². The van der Waals surface area contributed by atoms with Crippen LogP contribution in [0.1, 0.15) is 44.0 Å². The Morgan fingerprint density at radius 2 is 2.00 bits per heavy atom. The fourth-order valence-electron chi connectivity index (χ4n) is 3.63. The zero-order valence-electron chi connectivity index (χ0n) is 16.7. The molecule has 5 nitrogen and oxygen atoms in total. The molecule has 2 atom stereocenters. The van der Waals surface area contributed by atoms with E-state index in [1.54, 1.807) is 11.3 Å². The summed E-state index contributed by atoms with van der Waals surface area (Å²) in [7, 11) is -3.75. The van der Waals surface area contributed by atoms with Crippen LogP contribution >= 0.6 is 11.3 Å². The number of halogens is 1. The predicted octanol–water partition coefficient (Wildman–Crippen LogP) is 4.19. The van der Waals surface area contributed by atoms with Crippen molar-refractivity contribution in [1.29, 1.82) is 0 Å². The van der Waals surface area contributed by atoms with Crippen molar-refractivity contribution in [3.63, 3.8) is 0 Å². The van der Waals surface area contributed by atoms with E-state index >= 15 is 0 Å². The lowest BCUT2D eigenvalue weighted by atomic mass is 9.97. The van der Waals surface area contributed by atoms with Gasteiger partial charge in [0.15, 0.2) is 0 Å². The number of thiophene rings is 1. The van der Waals surface area contributed by atoms with Crippen molar-refractivity contribution in [2.45, 2.75) is 44.0 Å². The third-order valence-corrected chi connectivity index (χ3v) is 7.98. The molecule has 0 aliphatic carbocycles. The number of amides is 1. The molecule has 1 amide bonds. The van der Waals surface area contributed by atoms with Gasteiger partial charge in [-0.3, -0.25) is 4.79 Å². The molecule has 1 aliphatic heterocycles. The second-order valence-corrected chi connectivity index (χ2v) is 10.8. The highest BCUT2D eigenvalue weighted by atomic mass is 32.2. The molecule has 1 saturated heterocycles. The van der Waals surface area contributed by atoms with Gasteiger partial charge in [-0.05, 0) is 60.9 Å². The van der Waals surface area contributed by atoms with E-state index < -0.39 is 21.8 Å². The number of sulfonamides is 1. The molecular weight excluding hydrogens is 411 g/mol. The Balaban J connectivity index is 1.70. The molecule has 0 radical (unpaired) electrons. The average molecular weight is 439 g/mol. The van der Waals surface area contributed by atoms with E-state index in [0.29, 0.717) is 25.3 Å². The summed E-state index contributed by atoms with van der Waals surface area (Å²) in [6, 6.07) is 8.73. The van der Waals surface area contributed by atoms with Gasteiger partial charge in [-0.2, -0.15) is 4.31 Å². The maximum Gasteiger partial charge on any atom is 0.243 e. The second-order valence-electron chi connectivity index (χ2n) is 7.86. The summed E-state index contributed by atoms with van der Waals surface area (Å²) in [5, 5.41) is 5.13. The minimum absolute atomic E-state index is 0.0521. The van der Waals surface area contributed by atoms with Crippen LogP contribution in [0.3, 0.4) is 0 Å². The van der Waals surface area contributed by atoms with Crippen LogP contribution in [-0.2, 0) is 14.8 Å². The van der Waals surface area contributed by atoms with Crippen molar-refractivity contribution in [3.8, 4) is 0 Å². The first-order chi connectivity index (χ1) is 13.8. The van der Waals surface area contributed by atoms with Gasteiger partial charge in [0.25, 0.3) is 0 Å². The second kappa shape index (κ2) is 9.36. The minimum atomic E-state index is -3.75. The maximum absolute atomic E-state index is 13.2. The Hall–Kier alpha value is -1.77. The average Bonchev–Trinajstić information content (AvgIpc) is 3.22. The molecule has 0 saturated carbocycles. The normalized spacial score (nSPS) is 19.2. The summed E-state index contributed by atoms with van der Waals surface area (Å²) in [6.07, 6.45) is 2.10. The Bertz CT molecular complexity index is 912. The van der Waals surface area contributed by atoms with Gasteiger partial charge in [0.05, 0.1) is 16.9 Å². The SMILES string of the molecule is CC(C)CC(NC(=O)C1CCCN(S(=O)(=O)c2ccc(F)cc2)C1)c1cccs1. The van der Waals surface area contributed by atoms with E-state index in [9.17, 15) is 17.6 Å². The van der Waals surface area contributed by atoms with Crippen LogP contribution in [0.2, 0.25) is 0 Å². The van der Waals surface area contributed by atoms with Crippen LogP contribution in [0.5, 0.6) is 0 Å². The highest BCUT2D eigenvalue weighted by Gasteiger charge is 2.34. The summed E-state index contributed by atoms with van der Waals surface area (Å²) < 4.78 is 40.3. The number of nitrogens with zero attached hydrogens (tertiary/aromatic N) is 1. The lowest BCUT2D eigenvalue weighted by Crippen LogP contribution is -2.46. The van der Waals surface area contributed by atoms with E-state index in [4.69, 9.17) is 0 Å². The summed E-state index contributed by atoms with van der Waals surface area (Å²) in [6.45, 7) is 4.74. The van der Waals surface area contributed by atoms with E-state index in [2.05, 4.69) is 19.2 Å². The van der Waals surface area contributed by atoms with Crippen molar-refractivity contribution in [1.82, 2.24) is 9.62 Å². The van der Waals surface area contributed by atoms with E-state index in [1.165, 1.54) is 16.4 Å². The molecule has 1 aromatic heterocycles. The van der Waals surface area contributed by atoms with Gasteiger partial charge in [0, 0.05) is 18.0 Å². The number of piperidine rings is 1. The molecule has 2 unspecified atom stereocenters. The summed E-state index contributed by atoms with van der Waals surface area (Å²) in [5.41, 5.74) is 0. The van der Waals surface area contributed by atoms with Crippen molar-refractivity contribution in [2.75, 3.05) is 13.1 Å². The van der Waals surface area contributed by atoms with Crippen LogP contribution in [0.25, 0.3) is 0 Å². The maximum atomic E-state index is 13.2. The fourth-order valence-corrected chi connectivity index (χ4v) is 5.94. The molecule has 0 bridgehead atoms. The van der Waals surface area contributed by atoms with Crippen molar-refractivity contribution in [3.05, 3.63) is 52.5 Å². The summed E-state index contributed by atoms with van der Waals surface area (Å²) >= 11 is 1.61. The molecule has 2 heterocycles. The molecular formula is C21H27FN2O3S2. The van der Waals surface area contributed by atoms with Gasteiger partial charge in [0.1, 0.15) is 5.82 Å². The first-order valence-electron chi connectivity index (χ1n) is 9.87.